The lowest BCUT2D eigenvalue weighted by atomic mass is 9.99. The quantitative estimate of drug-likeness (QED) is 0.531. The molecular weight excluding hydrogens is 224 g/mol. The molecule has 0 heterocycles. The lowest BCUT2D eigenvalue weighted by molar-refractivity contribution is -0.139. The number of nitrogens with one attached hydrogen (secondary N) is 2. The third-order valence-electron chi connectivity index (χ3n) is 2.35. The Balaban J connectivity index is 4.27. The molecule has 0 aliphatic heterocycles. The number of carbonyl (C=O) groups is 2. The van der Waals surface area contributed by atoms with Crippen LogP contribution >= 0.6 is 0 Å². The Bertz CT molecular complexity index is 266. The van der Waals surface area contributed by atoms with E-state index < -0.39 is 18.0 Å². The SMILES string of the molecule is CCCC(C)(C)NC(=O)N[C@@H](CCO)C(=O)O. The van der Waals surface area contributed by atoms with Crippen LogP contribution in [0.2, 0.25) is 0 Å². The Hall–Kier alpha value is -1.30. The van der Waals surface area contributed by atoms with Crippen LogP contribution in [0.4, 0.5) is 4.79 Å². The summed E-state index contributed by atoms with van der Waals surface area (Å²) in [4.78, 5) is 22.3. The second-order valence-electron chi connectivity index (χ2n) is 4.64. The third-order valence-corrected chi connectivity index (χ3v) is 2.35. The molecule has 0 aliphatic rings. The number of carboxylic acids is 1. The van der Waals surface area contributed by atoms with E-state index >= 15 is 0 Å². The number of rotatable bonds is 7. The first-order chi connectivity index (χ1) is 7.82. The molecule has 0 unspecified atom stereocenters. The summed E-state index contributed by atoms with van der Waals surface area (Å²) in [7, 11) is 0. The van der Waals surface area contributed by atoms with Crippen molar-refractivity contribution in [1.29, 1.82) is 0 Å². The van der Waals surface area contributed by atoms with Gasteiger partial charge in [0.2, 0.25) is 0 Å². The van der Waals surface area contributed by atoms with Crippen molar-refractivity contribution in [2.75, 3.05) is 6.61 Å². The molecule has 6 nitrogen and oxygen atoms in total. The molecular formula is C11H22N2O4. The van der Waals surface area contributed by atoms with Crippen LogP contribution in [0, 0.1) is 0 Å². The van der Waals surface area contributed by atoms with Crippen molar-refractivity contribution in [3.63, 3.8) is 0 Å². The molecule has 0 aromatic rings. The predicted molar refractivity (Wildman–Crippen MR) is 63.8 cm³/mol. The highest BCUT2D eigenvalue weighted by Crippen LogP contribution is 2.10. The fourth-order valence-electron chi connectivity index (χ4n) is 1.58. The van der Waals surface area contributed by atoms with Gasteiger partial charge in [0.15, 0.2) is 0 Å². The van der Waals surface area contributed by atoms with Gasteiger partial charge in [-0.05, 0) is 20.3 Å². The monoisotopic (exact) mass is 246 g/mol. The van der Waals surface area contributed by atoms with E-state index in [0.717, 1.165) is 12.8 Å². The van der Waals surface area contributed by atoms with Gasteiger partial charge in [-0.1, -0.05) is 13.3 Å². The summed E-state index contributed by atoms with van der Waals surface area (Å²) in [6.07, 6.45) is 1.72. The molecule has 0 bridgehead atoms. The number of urea groups is 1. The van der Waals surface area contributed by atoms with Gasteiger partial charge in [-0.2, -0.15) is 0 Å². The van der Waals surface area contributed by atoms with Gasteiger partial charge in [0.1, 0.15) is 6.04 Å². The molecule has 0 radical (unpaired) electrons. The van der Waals surface area contributed by atoms with E-state index in [1.54, 1.807) is 0 Å². The number of hydrogen-bond acceptors (Lipinski definition) is 3. The molecule has 0 aliphatic carbocycles. The maximum Gasteiger partial charge on any atom is 0.326 e. The van der Waals surface area contributed by atoms with Gasteiger partial charge < -0.3 is 20.8 Å². The van der Waals surface area contributed by atoms with Crippen LogP contribution in [-0.2, 0) is 4.79 Å². The van der Waals surface area contributed by atoms with Gasteiger partial charge >= 0.3 is 12.0 Å². The topological polar surface area (TPSA) is 98.7 Å². The van der Waals surface area contributed by atoms with Crippen molar-refractivity contribution in [3.05, 3.63) is 0 Å². The van der Waals surface area contributed by atoms with Gasteiger partial charge in [0.05, 0.1) is 0 Å². The molecule has 0 saturated carbocycles. The van der Waals surface area contributed by atoms with Gasteiger partial charge in [0.25, 0.3) is 0 Å². The Morgan fingerprint density at radius 1 is 1.35 bits per heavy atom. The summed E-state index contributed by atoms with van der Waals surface area (Å²) < 4.78 is 0. The van der Waals surface area contributed by atoms with E-state index in [0.29, 0.717) is 0 Å². The van der Waals surface area contributed by atoms with Crippen LogP contribution in [0.15, 0.2) is 0 Å². The molecule has 0 rings (SSSR count). The minimum atomic E-state index is -1.15. The van der Waals surface area contributed by atoms with E-state index in [9.17, 15) is 9.59 Å². The first-order valence-corrected chi connectivity index (χ1v) is 5.74. The molecule has 17 heavy (non-hydrogen) atoms. The van der Waals surface area contributed by atoms with Crippen molar-refractivity contribution in [1.82, 2.24) is 10.6 Å². The van der Waals surface area contributed by atoms with Crippen molar-refractivity contribution in [2.24, 2.45) is 0 Å². The van der Waals surface area contributed by atoms with Gasteiger partial charge in [0, 0.05) is 18.6 Å². The lowest BCUT2D eigenvalue weighted by Crippen LogP contribution is -2.52. The molecule has 0 spiro atoms. The Morgan fingerprint density at radius 2 is 1.94 bits per heavy atom. The van der Waals surface area contributed by atoms with E-state index in [2.05, 4.69) is 10.6 Å². The standard InChI is InChI=1S/C11H22N2O4/c1-4-6-11(2,3)13-10(17)12-8(5-7-14)9(15)16/h8,14H,4-7H2,1-3H3,(H,15,16)(H2,12,13,17)/t8-/m0/s1. The van der Waals surface area contributed by atoms with E-state index in [4.69, 9.17) is 10.2 Å². The van der Waals surface area contributed by atoms with Crippen LogP contribution in [0.5, 0.6) is 0 Å². The van der Waals surface area contributed by atoms with E-state index in [1.807, 2.05) is 20.8 Å². The Kier molecular flexibility index (Phi) is 6.57. The van der Waals surface area contributed by atoms with Crippen LogP contribution in [-0.4, -0.2) is 40.4 Å². The number of carboxylic acid groups (broad SMARTS) is 1. The highest BCUT2D eigenvalue weighted by molar-refractivity contribution is 5.82. The van der Waals surface area contributed by atoms with E-state index in [1.165, 1.54) is 0 Å². The summed E-state index contributed by atoms with van der Waals surface area (Å²) in [5.74, 6) is -1.15. The van der Waals surface area contributed by atoms with Crippen LogP contribution in [0.3, 0.4) is 0 Å². The van der Waals surface area contributed by atoms with Gasteiger partial charge in [-0.15, -0.1) is 0 Å². The molecule has 0 fully saturated rings. The summed E-state index contributed by atoms with van der Waals surface area (Å²) in [6, 6.07) is -1.58. The maximum absolute atomic E-state index is 11.6. The number of carbonyl (C=O) groups excluding carboxylic acids is 1. The van der Waals surface area contributed by atoms with Gasteiger partial charge in [-0.25, -0.2) is 9.59 Å². The summed E-state index contributed by atoms with van der Waals surface area (Å²) in [5.41, 5.74) is -0.374. The fourth-order valence-corrected chi connectivity index (χ4v) is 1.58. The Morgan fingerprint density at radius 3 is 2.35 bits per heavy atom. The normalized spacial score (nSPS) is 12.9. The molecule has 100 valence electrons. The maximum atomic E-state index is 11.6. The van der Waals surface area contributed by atoms with Gasteiger partial charge in [-0.3, -0.25) is 0 Å². The fraction of sp³-hybridized carbons (Fsp3) is 0.818. The number of aliphatic hydroxyl groups excluding tert-OH is 1. The lowest BCUT2D eigenvalue weighted by Gasteiger charge is -2.26. The molecule has 0 saturated heterocycles. The largest absolute Gasteiger partial charge is 0.480 e. The number of aliphatic hydroxyl groups is 1. The summed E-state index contributed by atoms with van der Waals surface area (Å²) >= 11 is 0. The van der Waals surface area contributed by atoms with Crippen LogP contribution in [0.25, 0.3) is 0 Å². The zero-order valence-corrected chi connectivity index (χ0v) is 10.6. The Labute approximate surface area is 101 Å². The third kappa shape index (κ3) is 6.78. The number of hydrogen-bond donors (Lipinski definition) is 4. The van der Waals surface area contributed by atoms with Crippen LogP contribution < -0.4 is 10.6 Å². The zero-order valence-electron chi connectivity index (χ0n) is 10.6. The predicted octanol–water partition coefficient (Wildman–Crippen LogP) is 0.700. The second kappa shape index (κ2) is 7.11. The minimum Gasteiger partial charge on any atom is -0.480 e. The van der Waals surface area contributed by atoms with Crippen molar-refractivity contribution in [2.45, 2.75) is 51.6 Å². The molecule has 4 N–H and O–H groups in total. The zero-order chi connectivity index (χ0) is 13.5. The molecule has 0 aromatic heterocycles. The highest BCUT2D eigenvalue weighted by Gasteiger charge is 2.23. The summed E-state index contributed by atoms with van der Waals surface area (Å²) in [5, 5.41) is 22.5. The van der Waals surface area contributed by atoms with Crippen molar-refractivity contribution in [3.8, 4) is 0 Å². The number of amides is 2. The molecule has 2 amide bonds. The molecule has 1 atom stereocenters. The summed E-state index contributed by atoms with van der Waals surface area (Å²) in [6.45, 7) is 5.47. The molecule has 6 heteroatoms. The average molecular weight is 246 g/mol. The van der Waals surface area contributed by atoms with E-state index in [-0.39, 0.29) is 18.6 Å². The van der Waals surface area contributed by atoms with Crippen molar-refractivity contribution < 1.29 is 19.8 Å². The van der Waals surface area contributed by atoms with Crippen LogP contribution in [0.1, 0.15) is 40.0 Å². The molecule has 0 aromatic carbocycles. The average Bonchev–Trinajstić information content (AvgIpc) is 2.15. The highest BCUT2D eigenvalue weighted by atomic mass is 16.4. The minimum absolute atomic E-state index is 0.00302. The van der Waals surface area contributed by atoms with Crippen molar-refractivity contribution >= 4 is 12.0 Å². The number of aliphatic carboxylic acids is 1. The smallest absolute Gasteiger partial charge is 0.326 e. The first kappa shape index (κ1) is 15.7. The second-order valence-corrected chi connectivity index (χ2v) is 4.64. The first-order valence-electron chi connectivity index (χ1n) is 5.74.